The summed E-state index contributed by atoms with van der Waals surface area (Å²) in [7, 11) is 0. The van der Waals surface area contributed by atoms with E-state index in [2.05, 4.69) is 34.7 Å². The van der Waals surface area contributed by atoms with Crippen LogP contribution in [0.5, 0.6) is 0 Å². The predicted octanol–water partition coefficient (Wildman–Crippen LogP) is 2.52. The van der Waals surface area contributed by atoms with Crippen molar-refractivity contribution in [2.24, 2.45) is 0 Å². The summed E-state index contributed by atoms with van der Waals surface area (Å²) in [5, 5.41) is 11.0. The highest BCUT2D eigenvalue weighted by Gasteiger charge is 2.28. The number of halogens is 1. The second-order valence-corrected chi connectivity index (χ2v) is 5.92. The van der Waals surface area contributed by atoms with E-state index in [0.29, 0.717) is 24.7 Å². The molecule has 2 rings (SSSR count). The normalized spacial score (nSPS) is 19.6. The van der Waals surface area contributed by atoms with E-state index >= 15 is 0 Å². The van der Waals surface area contributed by atoms with Gasteiger partial charge in [-0.1, -0.05) is 13.0 Å². The number of rotatable bonds is 3. The molecule has 0 spiro atoms. The number of likely N-dealkylation sites (N-methyl/N-ethyl adjacent to an activating group) is 1. The molecule has 1 heterocycles. The van der Waals surface area contributed by atoms with Gasteiger partial charge >= 0.3 is 0 Å². The first-order valence-corrected chi connectivity index (χ1v) is 7.71. The lowest BCUT2D eigenvalue weighted by Crippen LogP contribution is -2.53. The number of carbonyl (C=O) groups excluding carboxylic acids is 1. The molecule has 0 bridgehead atoms. The average molecular weight is 356 g/mol. The van der Waals surface area contributed by atoms with E-state index in [1.165, 1.54) is 6.07 Å². The van der Waals surface area contributed by atoms with Crippen LogP contribution in [0.2, 0.25) is 0 Å². The Morgan fingerprint density at radius 2 is 2.19 bits per heavy atom. The number of piperazine rings is 1. The molecule has 0 saturated carbocycles. The molecule has 0 aliphatic carbocycles. The SMILES string of the molecule is CCN1CCN(C(=O)c2cccc([N+](=O)[O-])c2Br)CC1C. The van der Waals surface area contributed by atoms with Crippen LogP contribution >= 0.6 is 15.9 Å². The summed E-state index contributed by atoms with van der Waals surface area (Å²) < 4.78 is 0.255. The van der Waals surface area contributed by atoms with Gasteiger partial charge in [0.15, 0.2) is 0 Å². The third kappa shape index (κ3) is 3.24. The second kappa shape index (κ2) is 6.53. The molecule has 1 amide bonds. The van der Waals surface area contributed by atoms with E-state index in [1.807, 2.05) is 0 Å². The van der Waals surface area contributed by atoms with Crippen LogP contribution in [-0.4, -0.2) is 52.9 Å². The number of nitro benzene ring substituents is 1. The van der Waals surface area contributed by atoms with Crippen molar-refractivity contribution < 1.29 is 9.72 Å². The van der Waals surface area contributed by atoms with Crippen LogP contribution < -0.4 is 0 Å². The van der Waals surface area contributed by atoms with Crippen LogP contribution in [0.3, 0.4) is 0 Å². The van der Waals surface area contributed by atoms with Crippen LogP contribution in [0.25, 0.3) is 0 Å². The Balaban J connectivity index is 2.22. The van der Waals surface area contributed by atoms with Crippen molar-refractivity contribution in [1.29, 1.82) is 0 Å². The Bertz CT molecular complexity index is 564. The zero-order valence-corrected chi connectivity index (χ0v) is 13.7. The predicted molar refractivity (Wildman–Crippen MR) is 83.4 cm³/mol. The molecule has 7 heteroatoms. The van der Waals surface area contributed by atoms with Gasteiger partial charge in [0.1, 0.15) is 4.47 Å². The monoisotopic (exact) mass is 355 g/mol. The molecule has 21 heavy (non-hydrogen) atoms. The third-order valence-electron chi connectivity index (χ3n) is 3.86. The summed E-state index contributed by atoms with van der Waals surface area (Å²) in [4.78, 5) is 27.1. The van der Waals surface area contributed by atoms with Gasteiger partial charge in [0.05, 0.1) is 10.5 Å². The molecule has 0 N–H and O–H groups in total. The van der Waals surface area contributed by atoms with E-state index < -0.39 is 4.92 Å². The van der Waals surface area contributed by atoms with E-state index in [0.717, 1.165) is 13.1 Å². The quantitative estimate of drug-likeness (QED) is 0.617. The van der Waals surface area contributed by atoms with Gasteiger partial charge in [0.25, 0.3) is 11.6 Å². The molecule has 1 aliphatic rings. The highest BCUT2D eigenvalue weighted by atomic mass is 79.9. The van der Waals surface area contributed by atoms with Gasteiger partial charge < -0.3 is 4.90 Å². The Morgan fingerprint density at radius 1 is 1.48 bits per heavy atom. The zero-order valence-electron chi connectivity index (χ0n) is 12.1. The minimum absolute atomic E-state index is 0.0823. The summed E-state index contributed by atoms with van der Waals surface area (Å²) in [6.45, 7) is 7.27. The van der Waals surface area contributed by atoms with Crippen molar-refractivity contribution >= 4 is 27.5 Å². The molecule has 0 radical (unpaired) electrons. The molecule has 1 unspecified atom stereocenters. The van der Waals surface area contributed by atoms with Crippen molar-refractivity contribution in [3.05, 3.63) is 38.3 Å². The van der Waals surface area contributed by atoms with Crippen molar-refractivity contribution in [3.8, 4) is 0 Å². The Hall–Kier alpha value is -1.47. The van der Waals surface area contributed by atoms with Gasteiger partial charge in [-0.15, -0.1) is 0 Å². The van der Waals surface area contributed by atoms with Crippen molar-refractivity contribution in [2.45, 2.75) is 19.9 Å². The highest BCUT2D eigenvalue weighted by Crippen LogP contribution is 2.29. The number of benzene rings is 1. The van der Waals surface area contributed by atoms with Crippen LogP contribution in [0, 0.1) is 10.1 Å². The summed E-state index contributed by atoms with van der Waals surface area (Å²) >= 11 is 3.19. The van der Waals surface area contributed by atoms with Crippen molar-refractivity contribution in [3.63, 3.8) is 0 Å². The minimum atomic E-state index is -0.488. The van der Waals surface area contributed by atoms with E-state index in [4.69, 9.17) is 0 Å². The fourth-order valence-electron chi connectivity index (χ4n) is 2.65. The first-order chi connectivity index (χ1) is 9.95. The van der Waals surface area contributed by atoms with E-state index in [-0.39, 0.29) is 16.1 Å². The van der Waals surface area contributed by atoms with Crippen LogP contribution in [0.4, 0.5) is 5.69 Å². The molecule has 1 saturated heterocycles. The Kier molecular flexibility index (Phi) is 4.95. The lowest BCUT2D eigenvalue weighted by Gasteiger charge is -2.39. The maximum absolute atomic E-state index is 12.6. The largest absolute Gasteiger partial charge is 0.336 e. The summed E-state index contributed by atoms with van der Waals surface area (Å²) in [5.41, 5.74) is 0.266. The molecular formula is C14H18BrN3O3. The lowest BCUT2D eigenvalue weighted by molar-refractivity contribution is -0.385. The van der Waals surface area contributed by atoms with Gasteiger partial charge in [-0.2, -0.15) is 0 Å². The van der Waals surface area contributed by atoms with Gasteiger partial charge in [0, 0.05) is 31.7 Å². The number of hydrogen-bond donors (Lipinski definition) is 0. The number of hydrogen-bond acceptors (Lipinski definition) is 4. The lowest BCUT2D eigenvalue weighted by atomic mass is 10.1. The van der Waals surface area contributed by atoms with E-state index in [1.54, 1.807) is 17.0 Å². The van der Waals surface area contributed by atoms with Gasteiger partial charge in [-0.3, -0.25) is 19.8 Å². The summed E-state index contributed by atoms with van der Waals surface area (Å²) in [6.07, 6.45) is 0. The zero-order chi connectivity index (χ0) is 15.6. The maximum Gasteiger partial charge on any atom is 0.284 e. The molecule has 6 nitrogen and oxygen atoms in total. The maximum atomic E-state index is 12.6. The molecule has 1 atom stereocenters. The van der Waals surface area contributed by atoms with Crippen LogP contribution in [-0.2, 0) is 0 Å². The number of nitrogens with zero attached hydrogens (tertiary/aromatic N) is 3. The minimum Gasteiger partial charge on any atom is -0.336 e. The molecule has 1 fully saturated rings. The standard InChI is InChI=1S/C14H18BrN3O3/c1-3-16-7-8-17(9-10(16)2)14(19)11-5-4-6-12(13(11)15)18(20)21/h4-6,10H,3,7-9H2,1-2H3. The number of amides is 1. The molecule has 0 aromatic heterocycles. The third-order valence-corrected chi connectivity index (χ3v) is 4.70. The van der Waals surface area contributed by atoms with Crippen molar-refractivity contribution in [1.82, 2.24) is 9.80 Å². The molecule has 114 valence electrons. The average Bonchev–Trinajstić information content (AvgIpc) is 2.46. The van der Waals surface area contributed by atoms with Gasteiger partial charge in [-0.05, 0) is 35.5 Å². The van der Waals surface area contributed by atoms with Crippen LogP contribution in [0.1, 0.15) is 24.2 Å². The smallest absolute Gasteiger partial charge is 0.284 e. The first-order valence-electron chi connectivity index (χ1n) is 6.92. The topological polar surface area (TPSA) is 66.7 Å². The molecule has 1 aliphatic heterocycles. The fourth-order valence-corrected chi connectivity index (χ4v) is 3.22. The Labute approximate surface area is 132 Å². The number of nitro groups is 1. The second-order valence-electron chi connectivity index (χ2n) is 5.12. The highest BCUT2D eigenvalue weighted by molar-refractivity contribution is 9.10. The fraction of sp³-hybridized carbons (Fsp3) is 0.500. The summed E-state index contributed by atoms with van der Waals surface area (Å²) in [6, 6.07) is 4.85. The Morgan fingerprint density at radius 3 is 2.76 bits per heavy atom. The first kappa shape index (κ1) is 15.9. The molecule has 1 aromatic rings. The molecule has 1 aromatic carbocycles. The van der Waals surface area contributed by atoms with Crippen LogP contribution in [0.15, 0.2) is 22.7 Å². The van der Waals surface area contributed by atoms with E-state index in [9.17, 15) is 14.9 Å². The number of carbonyl (C=O) groups is 1. The summed E-state index contributed by atoms with van der Waals surface area (Å²) in [5.74, 6) is -0.159. The van der Waals surface area contributed by atoms with Gasteiger partial charge in [0.2, 0.25) is 0 Å². The van der Waals surface area contributed by atoms with Gasteiger partial charge in [-0.25, -0.2) is 0 Å². The van der Waals surface area contributed by atoms with Crippen molar-refractivity contribution in [2.75, 3.05) is 26.2 Å². The molecular weight excluding hydrogens is 338 g/mol.